The first-order valence-corrected chi connectivity index (χ1v) is 4.37. The van der Waals surface area contributed by atoms with Gasteiger partial charge in [-0.15, -0.1) is 0 Å². The zero-order valence-electron chi connectivity index (χ0n) is 5.68. The Kier molecular flexibility index (Phi) is 3.15. The van der Waals surface area contributed by atoms with Crippen LogP contribution < -0.4 is 0 Å². The molecule has 0 saturated heterocycles. The first kappa shape index (κ1) is 8.81. The van der Waals surface area contributed by atoms with Gasteiger partial charge in [0.15, 0.2) is 0 Å². The minimum absolute atomic E-state index is 0.230. The van der Waals surface area contributed by atoms with Crippen LogP contribution in [-0.2, 0) is 6.42 Å². The molecule has 0 unspecified atom stereocenters. The highest BCUT2D eigenvalue weighted by molar-refractivity contribution is 9.10. The van der Waals surface area contributed by atoms with Crippen LogP contribution in [0.4, 0.5) is 4.39 Å². The number of hydrogen-bond donors (Lipinski definition) is 0. The Bertz CT molecular complexity index is 253. The van der Waals surface area contributed by atoms with E-state index in [9.17, 15) is 4.39 Å². The largest absolute Gasteiger partial charge is 0.207 e. The lowest BCUT2D eigenvalue weighted by Gasteiger charge is -1.97. The Morgan fingerprint density at radius 2 is 2.18 bits per heavy atom. The van der Waals surface area contributed by atoms with Crippen LogP contribution in [0.2, 0.25) is 0 Å². The highest BCUT2D eigenvalue weighted by atomic mass is 79.9. The van der Waals surface area contributed by atoms with Crippen molar-refractivity contribution in [3.8, 4) is 0 Å². The van der Waals surface area contributed by atoms with E-state index in [1.165, 1.54) is 12.1 Å². The van der Waals surface area contributed by atoms with Crippen molar-refractivity contribution in [1.29, 1.82) is 0 Å². The molecule has 0 amide bonds. The Labute approximate surface area is 78.6 Å². The predicted molar refractivity (Wildman–Crippen MR) is 51.5 cm³/mol. The predicted octanol–water partition coefficient (Wildman–Crippen LogP) is 3.13. The van der Waals surface area contributed by atoms with Gasteiger partial charge >= 0.3 is 0 Å². The maximum absolute atomic E-state index is 12.7. The van der Waals surface area contributed by atoms with E-state index in [0.29, 0.717) is 6.42 Å². The van der Waals surface area contributed by atoms with Crippen molar-refractivity contribution in [1.82, 2.24) is 0 Å². The van der Waals surface area contributed by atoms with Crippen LogP contribution in [0, 0.1) is 5.82 Å². The molecule has 1 aromatic rings. The van der Waals surface area contributed by atoms with Crippen LogP contribution >= 0.6 is 28.1 Å². The summed E-state index contributed by atoms with van der Waals surface area (Å²) in [7, 11) is 0. The van der Waals surface area contributed by atoms with Crippen LogP contribution in [0.5, 0.6) is 0 Å². The van der Waals surface area contributed by atoms with Crippen LogP contribution in [-0.4, -0.2) is 5.37 Å². The second-order valence-electron chi connectivity index (χ2n) is 2.15. The molecule has 1 rings (SSSR count). The third kappa shape index (κ3) is 2.67. The summed E-state index contributed by atoms with van der Waals surface area (Å²) in [5.41, 5.74) is 0.895. The number of rotatable bonds is 2. The molecule has 0 atom stereocenters. The summed E-state index contributed by atoms with van der Waals surface area (Å²) in [5, 5.41) is 1.58. The molecule has 0 nitrogen and oxygen atoms in total. The molecule has 11 heavy (non-hydrogen) atoms. The summed E-state index contributed by atoms with van der Waals surface area (Å²) in [6.45, 7) is 0. The molecule has 1 aromatic carbocycles. The summed E-state index contributed by atoms with van der Waals surface area (Å²) in [5.74, 6) is -0.230. The third-order valence-electron chi connectivity index (χ3n) is 1.24. The normalized spacial score (nSPS) is 9.64. The zero-order chi connectivity index (χ0) is 8.27. The van der Waals surface area contributed by atoms with E-state index < -0.39 is 0 Å². The first-order valence-electron chi connectivity index (χ1n) is 3.11. The van der Waals surface area contributed by atoms with Crippen molar-refractivity contribution in [3.63, 3.8) is 0 Å². The van der Waals surface area contributed by atoms with Crippen molar-refractivity contribution in [3.05, 3.63) is 34.1 Å². The lowest BCUT2D eigenvalue weighted by Crippen LogP contribution is -1.85. The number of halogens is 2. The van der Waals surface area contributed by atoms with Gasteiger partial charge in [-0.1, -0.05) is 28.1 Å². The summed E-state index contributed by atoms with van der Waals surface area (Å²) < 4.78 is 13.4. The van der Waals surface area contributed by atoms with Crippen molar-refractivity contribution in [2.24, 2.45) is 0 Å². The number of thiocarbonyl (C=S) groups is 1. The SMILES string of the molecule is Fc1cc(Br)cc(CC=S)c1. The van der Waals surface area contributed by atoms with Crippen LogP contribution in [0.3, 0.4) is 0 Å². The fourth-order valence-electron chi connectivity index (χ4n) is 0.825. The quantitative estimate of drug-likeness (QED) is 0.707. The van der Waals surface area contributed by atoms with E-state index in [2.05, 4.69) is 28.1 Å². The molecule has 0 spiro atoms. The van der Waals surface area contributed by atoms with E-state index in [1.54, 1.807) is 5.37 Å². The highest BCUT2D eigenvalue weighted by Gasteiger charge is 1.96. The van der Waals surface area contributed by atoms with Crippen LogP contribution in [0.25, 0.3) is 0 Å². The number of hydrogen-bond acceptors (Lipinski definition) is 1. The van der Waals surface area contributed by atoms with Crippen molar-refractivity contribution >= 4 is 33.5 Å². The Balaban J connectivity index is 2.98. The van der Waals surface area contributed by atoms with Gasteiger partial charge in [0, 0.05) is 10.9 Å². The molecule has 0 heterocycles. The molecule has 3 heteroatoms. The topological polar surface area (TPSA) is 0 Å². The van der Waals surface area contributed by atoms with Crippen molar-refractivity contribution in [2.45, 2.75) is 6.42 Å². The molecule has 0 radical (unpaired) electrons. The lowest BCUT2D eigenvalue weighted by molar-refractivity contribution is 0.625. The fraction of sp³-hybridized carbons (Fsp3) is 0.125. The molecule has 0 aliphatic rings. The summed E-state index contributed by atoms with van der Waals surface area (Å²) in [6, 6.07) is 4.76. The lowest BCUT2D eigenvalue weighted by atomic mass is 10.2. The van der Waals surface area contributed by atoms with Crippen LogP contribution in [0.1, 0.15) is 5.56 Å². The summed E-state index contributed by atoms with van der Waals surface area (Å²) >= 11 is 7.85. The molecular formula is C8H6BrFS. The average molecular weight is 233 g/mol. The maximum Gasteiger partial charge on any atom is 0.124 e. The van der Waals surface area contributed by atoms with Crippen molar-refractivity contribution < 1.29 is 4.39 Å². The first-order chi connectivity index (χ1) is 5.22. The molecule has 0 saturated carbocycles. The fourth-order valence-corrected chi connectivity index (χ4v) is 1.53. The second-order valence-corrected chi connectivity index (χ2v) is 3.40. The van der Waals surface area contributed by atoms with Crippen LogP contribution in [0.15, 0.2) is 22.7 Å². The van der Waals surface area contributed by atoms with E-state index in [-0.39, 0.29) is 5.82 Å². The second kappa shape index (κ2) is 3.93. The van der Waals surface area contributed by atoms with Gasteiger partial charge in [-0.2, -0.15) is 0 Å². The molecule has 58 valence electrons. The van der Waals surface area contributed by atoms with Gasteiger partial charge in [0.2, 0.25) is 0 Å². The molecule has 0 fully saturated rings. The van der Waals surface area contributed by atoms with Gasteiger partial charge in [-0.25, -0.2) is 4.39 Å². The number of benzene rings is 1. The van der Waals surface area contributed by atoms with Gasteiger partial charge in [-0.3, -0.25) is 0 Å². The van der Waals surface area contributed by atoms with Gasteiger partial charge in [0.25, 0.3) is 0 Å². The Hall–Kier alpha value is -0.280. The highest BCUT2D eigenvalue weighted by Crippen LogP contribution is 2.14. The standard InChI is InChI=1S/C8H6BrFS/c9-7-3-6(1-2-11)4-8(10)5-7/h2-5H,1H2. The van der Waals surface area contributed by atoms with E-state index in [1.807, 2.05) is 6.07 Å². The summed E-state index contributed by atoms with van der Waals surface area (Å²) in [6.07, 6.45) is 0.631. The Morgan fingerprint density at radius 1 is 1.45 bits per heavy atom. The van der Waals surface area contributed by atoms with E-state index in [4.69, 9.17) is 0 Å². The molecule has 0 aliphatic heterocycles. The molecule has 0 aromatic heterocycles. The third-order valence-corrected chi connectivity index (χ3v) is 1.87. The maximum atomic E-state index is 12.7. The molecule has 0 bridgehead atoms. The van der Waals surface area contributed by atoms with Gasteiger partial charge < -0.3 is 0 Å². The summed E-state index contributed by atoms with van der Waals surface area (Å²) in [4.78, 5) is 0. The monoisotopic (exact) mass is 232 g/mol. The van der Waals surface area contributed by atoms with Gasteiger partial charge in [0.1, 0.15) is 5.82 Å². The van der Waals surface area contributed by atoms with E-state index in [0.717, 1.165) is 10.0 Å². The Morgan fingerprint density at radius 3 is 2.73 bits per heavy atom. The van der Waals surface area contributed by atoms with Gasteiger partial charge in [-0.05, 0) is 29.1 Å². The average Bonchev–Trinajstić information content (AvgIpc) is 1.85. The smallest absolute Gasteiger partial charge is 0.124 e. The molecule has 0 aliphatic carbocycles. The minimum atomic E-state index is -0.230. The molecule has 0 N–H and O–H groups in total. The molecular weight excluding hydrogens is 227 g/mol. The zero-order valence-corrected chi connectivity index (χ0v) is 8.08. The van der Waals surface area contributed by atoms with E-state index >= 15 is 0 Å². The van der Waals surface area contributed by atoms with Gasteiger partial charge in [0.05, 0.1) is 0 Å². The van der Waals surface area contributed by atoms with Crippen molar-refractivity contribution in [2.75, 3.05) is 0 Å². The minimum Gasteiger partial charge on any atom is -0.207 e.